The number of carbonyl (C=O) groups is 2. The number of ether oxygens (including phenoxy) is 2. The highest BCUT2D eigenvalue weighted by Crippen LogP contribution is 2.31. The van der Waals surface area contributed by atoms with Crippen LogP contribution < -0.4 is 15.2 Å². The summed E-state index contributed by atoms with van der Waals surface area (Å²) in [4.78, 5) is 29.0. The van der Waals surface area contributed by atoms with Gasteiger partial charge in [0.1, 0.15) is 0 Å². The molecule has 0 bridgehead atoms. The molecule has 1 aromatic carbocycles. The normalized spacial score (nSPS) is 23.9. The van der Waals surface area contributed by atoms with E-state index in [1.807, 2.05) is 23.1 Å². The van der Waals surface area contributed by atoms with Gasteiger partial charge in [0, 0.05) is 32.6 Å². The summed E-state index contributed by atoms with van der Waals surface area (Å²) in [7, 11) is 3.21. The number of amides is 2. The van der Waals surface area contributed by atoms with Crippen molar-refractivity contribution in [1.82, 2.24) is 9.80 Å². The summed E-state index contributed by atoms with van der Waals surface area (Å²) in [5.41, 5.74) is 6.92. The van der Waals surface area contributed by atoms with Crippen LogP contribution in [-0.4, -0.2) is 68.6 Å². The van der Waals surface area contributed by atoms with Crippen molar-refractivity contribution in [1.29, 1.82) is 0 Å². The molecule has 7 nitrogen and oxygen atoms in total. The van der Waals surface area contributed by atoms with Gasteiger partial charge in [-0.2, -0.15) is 0 Å². The fraction of sp³-hybridized carbons (Fsp3) is 0.619. The van der Waals surface area contributed by atoms with Crippen LogP contribution in [0.3, 0.4) is 0 Å². The Morgan fingerprint density at radius 3 is 2.62 bits per heavy atom. The highest BCUT2D eigenvalue weighted by molar-refractivity contribution is 5.89. The first-order chi connectivity index (χ1) is 13.4. The quantitative estimate of drug-likeness (QED) is 0.718. The van der Waals surface area contributed by atoms with Gasteiger partial charge in [0.05, 0.1) is 20.1 Å². The Balaban J connectivity index is 0.00000300. The maximum Gasteiger partial charge on any atom is 0.228 e. The van der Waals surface area contributed by atoms with Crippen molar-refractivity contribution in [3.8, 4) is 11.5 Å². The van der Waals surface area contributed by atoms with Gasteiger partial charge in [0.15, 0.2) is 11.5 Å². The van der Waals surface area contributed by atoms with E-state index in [0.29, 0.717) is 50.5 Å². The first-order valence-electron chi connectivity index (χ1n) is 9.86. The number of benzene rings is 1. The topological polar surface area (TPSA) is 85.1 Å². The Labute approximate surface area is 178 Å². The molecule has 2 atom stereocenters. The highest BCUT2D eigenvalue weighted by Gasteiger charge is 2.41. The molecule has 0 aliphatic carbocycles. The van der Waals surface area contributed by atoms with E-state index in [2.05, 4.69) is 6.92 Å². The summed E-state index contributed by atoms with van der Waals surface area (Å²) < 4.78 is 10.6. The van der Waals surface area contributed by atoms with Crippen molar-refractivity contribution in [2.75, 3.05) is 46.9 Å². The van der Waals surface area contributed by atoms with Crippen LogP contribution in [0, 0.1) is 11.3 Å². The summed E-state index contributed by atoms with van der Waals surface area (Å²) in [6.07, 6.45) is 1.95. The summed E-state index contributed by atoms with van der Waals surface area (Å²) in [5.74, 6) is 1.28. The second-order valence-corrected chi connectivity index (χ2v) is 8.20. The zero-order chi connectivity index (χ0) is 20.3. The Morgan fingerprint density at radius 2 is 2.00 bits per heavy atom. The number of nitrogens with zero attached hydrogens (tertiary/aromatic N) is 2. The molecular formula is C21H32ClN3O4. The van der Waals surface area contributed by atoms with Gasteiger partial charge in [-0.3, -0.25) is 9.59 Å². The zero-order valence-electron chi connectivity index (χ0n) is 17.5. The minimum absolute atomic E-state index is 0. The lowest BCUT2D eigenvalue weighted by molar-refractivity contribution is -0.135. The van der Waals surface area contributed by atoms with E-state index in [4.69, 9.17) is 15.2 Å². The fourth-order valence-electron chi connectivity index (χ4n) is 4.09. The number of likely N-dealkylation sites (tertiary alicyclic amines) is 2. The molecule has 2 aliphatic rings. The predicted octanol–water partition coefficient (Wildman–Crippen LogP) is 1.71. The molecular weight excluding hydrogens is 394 g/mol. The monoisotopic (exact) mass is 425 g/mol. The SMILES string of the molecule is COc1ccc(CCN2CC(C(=O)N3CCC(C)(CN)C3)CC2=O)cc1OC.Cl. The maximum atomic E-state index is 12.8. The van der Waals surface area contributed by atoms with Crippen LogP contribution in [0.1, 0.15) is 25.3 Å². The van der Waals surface area contributed by atoms with Crippen LogP contribution in [0.2, 0.25) is 0 Å². The molecule has 2 saturated heterocycles. The van der Waals surface area contributed by atoms with E-state index in [0.717, 1.165) is 18.5 Å². The molecule has 1 aromatic rings. The van der Waals surface area contributed by atoms with Crippen molar-refractivity contribution in [3.63, 3.8) is 0 Å². The van der Waals surface area contributed by atoms with Gasteiger partial charge >= 0.3 is 0 Å². The number of rotatable bonds is 7. The van der Waals surface area contributed by atoms with Crippen LogP contribution in [0.4, 0.5) is 0 Å². The number of halogens is 1. The van der Waals surface area contributed by atoms with E-state index < -0.39 is 0 Å². The minimum atomic E-state index is -0.238. The summed E-state index contributed by atoms with van der Waals surface area (Å²) >= 11 is 0. The van der Waals surface area contributed by atoms with Crippen LogP contribution in [-0.2, 0) is 16.0 Å². The molecule has 2 N–H and O–H groups in total. The van der Waals surface area contributed by atoms with E-state index >= 15 is 0 Å². The van der Waals surface area contributed by atoms with Crippen LogP contribution in [0.25, 0.3) is 0 Å². The number of hydrogen-bond acceptors (Lipinski definition) is 5. The van der Waals surface area contributed by atoms with Crippen LogP contribution >= 0.6 is 12.4 Å². The van der Waals surface area contributed by atoms with Crippen molar-refractivity contribution < 1.29 is 19.1 Å². The number of hydrogen-bond donors (Lipinski definition) is 1. The van der Waals surface area contributed by atoms with Gasteiger partial charge in [0.2, 0.25) is 11.8 Å². The third-order valence-corrected chi connectivity index (χ3v) is 6.04. The summed E-state index contributed by atoms with van der Waals surface area (Å²) in [6.45, 7) is 5.23. The Bertz CT molecular complexity index is 745. The van der Waals surface area contributed by atoms with Gasteiger partial charge in [0.25, 0.3) is 0 Å². The lowest BCUT2D eigenvalue weighted by atomic mass is 9.90. The van der Waals surface area contributed by atoms with E-state index in [9.17, 15) is 9.59 Å². The molecule has 0 aromatic heterocycles. The molecule has 162 valence electrons. The van der Waals surface area contributed by atoms with Crippen LogP contribution in [0.5, 0.6) is 11.5 Å². The lowest BCUT2D eigenvalue weighted by Crippen LogP contribution is -2.38. The molecule has 2 heterocycles. The predicted molar refractivity (Wildman–Crippen MR) is 114 cm³/mol. The van der Waals surface area contributed by atoms with Crippen molar-refractivity contribution >= 4 is 24.2 Å². The Kier molecular flexibility index (Phi) is 7.77. The smallest absolute Gasteiger partial charge is 0.228 e. The first kappa shape index (κ1) is 23.3. The van der Waals surface area contributed by atoms with Gasteiger partial charge in [-0.05, 0) is 42.5 Å². The molecule has 0 spiro atoms. The molecule has 2 fully saturated rings. The number of nitrogens with two attached hydrogens (primary N) is 1. The van der Waals surface area contributed by atoms with Crippen LogP contribution in [0.15, 0.2) is 18.2 Å². The van der Waals surface area contributed by atoms with Gasteiger partial charge in [-0.1, -0.05) is 13.0 Å². The molecule has 2 aliphatic heterocycles. The molecule has 8 heteroatoms. The van der Waals surface area contributed by atoms with Crippen molar-refractivity contribution in [2.45, 2.75) is 26.2 Å². The molecule has 0 radical (unpaired) electrons. The third kappa shape index (κ3) is 5.14. The van der Waals surface area contributed by atoms with Crippen molar-refractivity contribution in [2.24, 2.45) is 17.1 Å². The van der Waals surface area contributed by atoms with Gasteiger partial charge < -0.3 is 25.0 Å². The highest BCUT2D eigenvalue weighted by atomic mass is 35.5. The average Bonchev–Trinajstić information content (AvgIpc) is 3.29. The van der Waals surface area contributed by atoms with E-state index in [-0.39, 0.29) is 35.6 Å². The Morgan fingerprint density at radius 1 is 1.28 bits per heavy atom. The molecule has 29 heavy (non-hydrogen) atoms. The van der Waals surface area contributed by atoms with E-state index in [1.54, 1.807) is 19.1 Å². The van der Waals surface area contributed by atoms with Crippen molar-refractivity contribution in [3.05, 3.63) is 23.8 Å². The largest absolute Gasteiger partial charge is 0.493 e. The minimum Gasteiger partial charge on any atom is -0.493 e. The average molecular weight is 426 g/mol. The molecule has 2 unspecified atom stereocenters. The van der Waals surface area contributed by atoms with E-state index in [1.165, 1.54) is 0 Å². The molecule has 0 saturated carbocycles. The summed E-state index contributed by atoms with van der Waals surface area (Å²) in [5, 5.41) is 0. The number of carbonyl (C=O) groups excluding carboxylic acids is 2. The zero-order valence-corrected chi connectivity index (χ0v) is 18.3. The molecule has 3 rings (SSSR count). The number of methoxy groups -OCH3 is 2. The fourth-order valence-corrected chi connectivity index (χ4v) is 4.09. The molecule has 2 amide bonds. The maximum absolute atomic E-state index is 12.8. The standard InChI is InChI=1S/C21H31N3O4.ClH/c1-21(13-22)7-9-24(14-21)20(26)16-11-19(25)23(12-16)8-6-15-4-5-17(27-2)18(10-15)28-3;/h4-5,10,16H,6-9,11-14,22H2,1-3H3;1H. The second kappa shape index (κ2) is 9.67. The van der Waals surface area contributed by atoms with Gasteiger partial charge in [-0.15, -0.1) is 12.4 Å². The first-order valence-corrected chi connectivity index (χ1v) is 9.86. The second-order valence-electron chi connectivity index (χ2n) is 8.20. The Hall–Kier alpha value is -1.99. The lowest BCUT2D eigenvalue weighted by Gasteiger charge is -2.24. The summed E-state index contributed by atoms with van der Waals surface area (Å²) in [6, 6.07) is 5.77. The third-order valence-electron chi connectivity index (χ3n) is 6.04. The van der Waals surface area contributed by atoms with Gasteiger partial charge in [-0.25, -0.2) is 0 Å².